The fourth-order valence-corrected chi connectivity index (χ4v) is 6.44. The van der Waals surface area contributed by atoms with E-state index < -0.39 is 38.8 Å². The summed E-state index contributed by atoms with van der Waals surface area (Å²) in [6.07, 6.45) is 3.88. The number of anilines is 4. The van der Waals surface area contributed by atoms with Crippen molar-refractivity contribution in [1.29, 1.82) is 10.5 Å². The zero-order valence-electron chi connectivity index (χ0n) is 32.4. The zero-order chi connectivity index (χ0) is 45.2. The Hall–Kier alpha value is -6.49. The Morgan fingerprint density at radius 2 is 1.32 bits per heavy atom. The van der Waals surface area contributed by atoms with E-state index >= 15 is 0 Å². The predicted octanol–water partition coefficient (Wildman–Crippen LogP) is 9.84. The molecule has 2 aliphatic heterocycles. The van der Waals surface area contributed by atoms with Crippen molar-refractivity contribution in [3.8, 4) is 12.1 Å². The average Bonchev–Trinajstić information content (AvgIpc) is 4.06. The molecule has 0 unspecified atom stereocenters. The molecule has 2 N–H and O–H groups in total. The van der Waals surface area contributed by atoms with Crippen LogP contribution in [0.1, 0.15) is 37.1 Å². The Morgan fingerprint density at radius 1 is 0.794 bits per heavy atom. The van der Waals surface area contributed by atoms with E-state index in [4.69, 9.17) is 23.7 Å². The molecule has 4 heterocycles. The van der Waals surface area contributed by atoms with Crippen LogP contribution in [0.25, 0.3) is 30.7 Å². The summed E-state index contributed by atoms with van der Waals surface area (Å²) in [5.74, 6) is -0.136. The molecule has 4 aromatic rings. The monoisotopic (exact) mass is 962 g/mol. The second kappa shape index (κ2) is 21.1. The first-order valence-electron chi connectivity index (χ1n) is 17.6. The maximum atomic E-state index is 12.9. The first-order chi connectivity index (χ1) is 29.4. The zero-order valence-corrected chi connectivity index (χ0v) is 35.0. The predicted molar refractivity (Wildman–Crippen MR) is 214 cm³/mol. The van der Waals surface area contributed by atoms with Crippen LogP contribution in [0.15, 0.2) is 36.4 Å². The second-order valence-corrected chi connectivity index (χ2v) is 15.1. The molecule has 20 nitrogen and oxygen atoms in total. The Morgan fingerprint density at radius 3 is 1.76 bits per heavy atom. The summed E-state index contributed by atoms with van der Waals surface area (Å²) in [7, 11) is -2.82. The Balaban J connectivity index is 0.000000272. The van der Waals surface area contributed by atoms with Gasteiger partial charge in [-0.1, -0.05) is 42.4 Å². The van der Waals surface area contributed by atoms with Gasteiger partial charge in [-0.15, -0.1) is 22.7 Å². The van der Waals surface area contributed by atoms with Crippen molar-refractivity contribution < 1.29 is 60.6 Å². The van der Waals surface area contributed by atoms with Gasteiger partial charge in [0.25, 0.3) is 11.6 Å². The van der Waals surface area contributed by atoms with E-state index in [1.807, 2.05) is 17.0 Å². The molecule has 2 aromatic heterocycles. The third kappa shape index (κ3) is 12.3. The van der Waals surface area contributed by atoms with Gasteiger partial charge >= 0.3 is 17.0 Å². The van der Waals surface area contributed by atoms with Gasteiger partial charge in [0.2, 0.25) is 0 Å². The number of benzene rings is 2. The van der Waals surface area contributed by atoms with Gasteiger partial charge in [0.1, 0.15) is 24.2 Å². The Labute approximate surface area is 370 Å². The average molecular weight is 964 g/mol. The van der Waals surface area contributed by atoms with Crippen molar-refractivity contribution in [3.05, 3.63) is 91.7 Å². The van der Waals surface area contributed by atoms with Crippen molar-refractivity contribution in [1.82, 2.24) is 19.1 Å². The van der Waals surface area contributed by atoms with E-state index in [0.29, 0.717) is 18.8 Å². The topological polar surface area (TPSA) is 231 Å². The molecule has 2 saturated heterocycles. The molecule has 338 valence electrons. The van der Waals surface area contributed by atoms with Crippen LogP contribution < -0.4 is 20.7 Å². The summed E-state index contributed by atoms with van der Waals surface area (Å²) in [6, 6.07) is 12.8. The van der Waals surface area contributed by atoms with Crippen molar-refractivity contribution in [2.24, 2.45) is 14.1 Å². The van der Waals surface area contributed by atoms with Gasteiger partial charge in [-0.2, -0.15) is 41.2 Å². The van der Waals surface area contributed by atoms with Crippen molar-refractivity contribution in [2.45, 2.75) is 36.7 Å². The number of rotatable bonds is 14. The molecular weight excluding hydrogens is 933 g/mol. The summed E-state index contributed by atoms with van der Waals surface area (Å²) in [4.78, 5) is 22.5. The molecule has 0 radical (unpaired) electrons. The third-order valence-corrected chi connectivity index (χ3v) is 10.1. The normalized spacial score (nSPS) is 13.6. The van der Waals surface area contributed by atoms with Crippen LogP contribution in [0.5, 0.6) is 0 Å². The second-order valence-electron chi connectivity index (χ2n) is 12.7. The first-order valence-corrected chi connectivity index (χ1v) is 19.8. The van der Waals surface area contributed by atoms with Crippen molar-refractivity contribution in [3.63, 3.8) is 0 Å². The summed E-state index contributed by atoms with van der Waals surface area (Å²) in [5.41, 5.74) is 7.44. The van der Waals surface area contributed by atoms with Crippen LogP contribution in [-0.2, 0) is 49.9 Å². The van der Waals surface area contributed by atoms with Crippen molar-refractivity contribution in [2.75, 3.05) is 46.8 Å². The summed E-state index contributed by atoms with van der Waals surface area (Å²) in [5, 5.41) is 18.2. The van der Waals surface area contributed by atoms with Crippen LogP contribution in [-0.4, -0.2) is 64.7 Å². The minimum atomic E-state index is -5.80. The number of aromatic nitrogens is 4. The quantitative estimate of drug-likeness (QED) is 0.0228. The minimum Gasteiger partial charge on any atom is -0.596 e. The number of hydrogen-bond acceptors (Lipinski definition) is 13. The van der Waals surface area contributed by atoms with E-state index in [1.54, 1.807) is 24.3 Å². The Kier molecular flexibility index (Phi) is 16.4. The van der Waals surface area contributed by atoms with E-state index in [2.05, 4.69) is 65.8 Å². The van der Waals surface area contributed by atoms with E-state index in [9.17, 15) is 34.8 Å². The van der Waals surface area contributed by atoms with E-state index in [1.165, 1.54) is 35.4 Å². The van der Waals surface area contributed by atoms with E-state index in [-0.39, 0.29) is 68.5 Å². The fraction of sp³-hybridized carbons (Fsp3) is 0.353. The summed E-state index contributed by atoms with van der Waals surface area (Å²) < 4.78 is 108. The Bertz CT molecular complexity index is 2530. The van der Waals surface area contributed by atoms with Crippen LogP contribution >= 0.6 is 12.0 Å². The molecular formula is C34H30F6N16NiO4S2-4. The van der Waals surface area contributed by atoms with Gasteiger partial charge in [0.15, 0.2) is 27.4 Å². The first kappa shape index (κ1) is 49.2. The molecule has 0 atom stereocenters. The third-order valence-electron chi connectivity index (χ3n) is 8.78. The number of nitriles is 2. The fourth-order valence-electron chi connectivity index (χ4n) is 5.79. The van der Waals surface area contributed by atoms with Crippen LogP contribution in [0, 0.1) is 35.8 Å². The van der Waals surface area contributed by atoms with Gasteiger partial charge in [-0.05, 0) is 37.8 Å². The molecule has 6 rings (SSSR count). The van der Waals surface area contributed by atoms with Crippen LogP contribution in [0.4, 0.5) is 84.0 Å². The number of nitrogens with one attached hydrogen (secondary N) is 2. The standard InChI is InChI=1S/2C17H15F3N8O2S.Ni/c1-21-14-15(22-2)27(3)16(23-14)25-24-12-7-6-11(28-8-4-5-9-28)10-13(12)26-31(29,30)17(18,19)20;1-27-15(10-22)14(9-21)23-16(27)25-24-12-5-4-11(28-6-2-3-7-28)8-13(12)26-29-30-31-17(18,19)20;/h6-7,10H,4-5,8-9H2,3H3,(H,23,25);4-5,8H,2-3,6-7H2,1H3,(H,23,25);/q2*-2;. The number of sulfonamides is 1. The summed E-state index contributed by atoms with van der Waals surface area (Å²) in [6.45, 7) is 17.2. The SMILES string of the molecule is Cn1c(N[N-]c2ccc(N3CCCC3)cc2[N-]OOSC(F)(F)F)nc(C#N)c1C#N.[C-]#[N+]c1nc(N[N-]c2ccc(N3CCCC3)cc2[N-]S(=O)(=O)C(F)(F)F)n(C)c1[N+]#[C-].[Ni]. The minimum absolute atomic E-state index is 0. The molecule has 2 aliphatic rings. The van der Waals surface area contributed by atoms with Crippen LogP contribution in [0.3, 0.4) is 0 Å². The van der Waals surface area contributed by atoms with Crippen molar-refractivity contribution >= 4 is 79.7 Å². The number of imidazole rings is 2. The number of hydrogen-bond donors (Lipinski definition) is 2. The van der Waals surface area contributed by atoms with E-state index in [0.717, 1.165) is 44.5 Å². The molecule has 2 aromatic carbocycles. The van der Waals surface area contributed by atoms with Gasteiger partial charge in [0.05, 0.1) is 7.05 Å². The molecule has 0 spiro atoms. The number of alkyl halides is 6. The van der Waals surface area contributed by atoms with Gasteiger partial charge in [-0.3, -0.25) is 9.56 Å². The smallest absolute Gasteiger partial charge is 0.483 e. The maximum absolute atomic E-state index is 12.9. The molecule has 0 amide bonds. The molecule has 63 heavy (non-hydrogen) atoms. The molecule has 0 saturated carbocycles. The summed E-state index contributed by atoms with van der Waals surface area (Å²) >= 11 is -0.837. The van der Waals surface area contributed by atoms with Gasteiger partial charge < -0.3 is 56.0 Å². The molecule has 0 bridgehead atoms. The number of nitrogens with zero attached hydrogens (tertiary/aromatic N) is 14. The largest absolute Gasteiger partial charge is 0.596 e. The van der Waals surface area contributed by atoms with Gasteiger partial charge in [0, 0.05) is 61.1 Å². The maximum Gasteiger partial charge on any atom is 0.483 e. The molecule has 2 fully saturated rings. The molecule has 0 aliphatic carbocycles. The van der Waals surface area contributed by atoms with Crippen LogP contribution in [0.2, 0.25) is 0 Å². The molecule has 29 heteroatoms. The van der Waals surface area contributed by atoms with Gasteiger partial charge in [-0.25, -0.2) is 13.4 Å². The number of halogens is 6.